The van der Waals surface area contributed by atoms with Crippen molar-refractivity contribution in [3.05, 3.63) is 27.7 Å². The van der Waals surface area contributed by atoms with Crippen LogP contribution in [0.1, 0.15) is 31.4 Å². The van der Waals surface area contributed by atoms with Crippen molar-refractivity contribution >= 4 is 25.8 Å². The Kier molecular flexibility index (Phi) is 6.33. The Bertz CT molecular complexity index is 498. The lowest BCUT2D eigenvalue weighted by molar-refractivity contribution is 0.317. The molecular formula is C14H21BrO3S. The Morgan fingerprint density at radius 1 is 1.16 bits per heavy atom. The molecule has 0 fully saturated rings. The lowest BCUT2D eigenvalue weighted by atomic mass is 10.1. The maximum absolute atomic E-state index is 11.0. The number of rotatable bonds is 7. The van der Waals surface area contributed by atoms with Gasteiger partial charge in [0.15, 0.2) is 0 Å². The van der Waals surface area contributed by atoms with E-state index in [1.807, 2.05) is 12.1 Å². The third-order valence-electron chi connectivity index (χ3n) is 2.89. The minimum Gasteiger partial charge on any atom is -0.494 e. The molecule has 0 spiro atoms. The molecule has 0 aliphatic heterocycles. The van der Waals surface area contributed by atoms with Gasteiger partial charge in [-0.2, -0.15) is 0 Å². The van der Waals surface area contributed by atoms with Crippen LogP contribution in [0, 0.1) is 0 Å². The highest BCUT2D eigenvalue weighted by Gasteiger charge is 2.08. The van der Waals surface area contributed by atoms with Crippen LogP contribution in [-0.4, -0.2) is 27.0 Å². The van der Waals surface area contributed by atoms with E-state index in [9.17, 15) is 8.42 Å². The average molecular weight is 349 g/mol. The molecule has 0 saturated heterocycles. The number of aryl methyl sites for hydroxylation is 2. The van der Waals surface area contributed by atoms with E-state index in [2.05, 4.69) is 29.8 Å². The Morgan fingerprint density at radius 3 is 2.11 bits per heavy atom. The molecule has 0 heterocycles. The van der Waals surface area contributed by atoms with E-state index >= 15 is 0 Å². The van der Waals surface area contributed by atoms with Gasteiger partial charge in [-0.15, -0.1) is 0 Å². The monoisotopic (exact) mass is 348 g/mol. The molecule has 0 aliphatic carbocycles. The second-order valence-corrected chi connectivity index (χ2v) is 7.65. The third kappa shape index (κ3) is 5.53. The fraction of sp³-hybridized carbons (Fsp3) is 0.571. The van der Waals surface area contributed by atoms with Crippen molar-refractivity contribution in [3.8, 4) is 5.75 Å². The molecule has 0 unspecified atom stereocenters. The largest absolute Gasteiger partial charge is 0.494 e. The topological polar surface area (TPSA) is 43.4 Å². The predicted octanol–water partition coefficient (Wildman–Crippen LogP) is 3.39. The van der Waals surface area contributed by atoms with Crippen LogP contribution in [-0.2, 0) is 22.7 Å². The quantitative estimate of drug-likeness (QED) is 0.709. The second-order valence-electron chi connectivity index (χ2n) is 4.59. The zero-order valence-corrected chi connectivity index (χ0v) is 14.1. The van der Waals surface area contributed by atoms with E-state index in [0.29, 0.717) is 13.0 Å². The summed E-state index contributed by atoms with van der Waals surface area (Å²) in [5.74, 6) is 0.996. The SMILES string of the molecule is CCc1cc(OCCCS(C)(=O)=O)cc(CC)c1Br. The molecule has 0 aromatic heterocycles. The summed E-state index contributed by atoms with van der Waals surface area (Å²) in [5.41, 5.74) is 2.44. The fourth-order valence-electron chi connectivity index (χ4n) is 1.83. The van der Waals surface area contributed by atoms with Gasteiger partial charge in [0, 0.05) is 10.7 Å². The van der Waals surface area contributed by atoms with Gasteiger partial charge in [0.25, 0.3) is 0 Å². The molecule has 3 nitrogen and oxygen atoms in total. The number of hydrogen-bond acceptors (Lipinski definition) is 3. The molecule has 0 saturated carbocycles. The van der Waals surface area contributed by atoms with E-state index in [4.69, 9.17) is 4.74 Å². The summed E-state index contributed by atoms with van der Waals surface area (Å²) in [6.07, 6.45) is 3.65. The first-order chi connectivity index (χ1) is 8.87. The van der Waals surface area contributed by atoms with Crippen LogP contribution in [0.15, 0.2) is 16.6 Å². The Morgan fingerprint density at radius 2 is 1.68 bits per heavy atom. The van der Waals surface area contributed by atoms with Gasteiger partial charge in [0.2, 0.25) is 0 Å². The first-order valence-corrected chi connectivity index (χ1v) is 9.34. The number of halogens is 1. The van der Waals surface area contributed by atoms with Gasteiger partial charge in [0.1, 0.15) is 15.6 Å². The van der Waals surface area contributed by atoms with Crippen molar-refractivity contribution in [3.63, 3.8) is 0 Å². The van der Waals surface area contributed by atoms with Crippen molar-refractivity contribution in [2.24, 2.45) is 0 Å². The first-order valence-electron chi connectivity index (χ1n) is 6.49. The van der Waals surface area contributed by atoms with Gasteiger partial charge in [-0.3, -0.25) is 0 Å². The highest BCUT2D eigenvalue weighted by atomic mass is 79.9. The summed E-state index contributed by atoms with van der Waals surface area (Å²) in [7, 11) is -2.90. The van der Waals surface area contributed by atoms with Crippen molar-refractivity contribution < 1.29 is 13.2 Å². The molecular weight excluding hydrogens is 328 g/mol. The zero-order chi connectivity index (χ0) is 14.5. The summed E-state index contributed by atoms with van der Waals surface area (Å²) < 4.78 is 28.9. The van der Waals surface area contributed by atoms with Crippen LogP contribution < -0.4 is 4.74 Å². The fourth-order valence-corrected chi connectivity index (χ4v) is 3.26. The standard InChI is InChI=1S/C14H21BrO3S/c1-4-11-9-13(10-12(5-2)14(11)15)18-7-6-8-19(3,16)17/h9-10H,4-8H2,1-3H3. The number of ether oxygens (including phenoxy) is 1. The Hall–Kier alpha value is -0.550. The molecule has 108 valence electrons. The lowest BCUT2D eigenvalue weighted by Crippen LogP contribution is -2.08. The summed E-state index contributed by atoms with van der Waals surface area (Å²) >= 11 is 3.61. The molecule has 0 N–H and O–H groups in total. The normalized spacial score (nSPS) is 11.6. The average Bonchev–Trinajstić information content (AvgIpc) is 2.35. The number of sulfone groups is 1. The van der Waals surface area contributed by atoms with Crippen LogP contribution >= 0.6 is 15.9 Å². The van der Waals surface area contributed by atoms with Crippen LogP contribution in [0.2, 0.25) is 0 Å². The van der Waals surface area contributed by atoms with Crippen molar-refractivity contribution in [1.82, 2.24) is 0 Å². The van der Waals surface area contributed by atoms with Crippen LogP contribution in [0.3, 0.4) is 0 Å². The molecule has 0 aliphatic rings. The number of hydrogen-bond donors (Lipinski definition) is 0. The molecule has 0 amide bonds. The Labute approximate surface area is 124 Å². The molecule has 19 heavy (non-hydrogen) atoms. The van der Waals surface area contributed by atoms with Gasteiger partial charge >= 0.3 is 0 Å². The highest BCUT2D eigenvalue weighted by Crippen LogP contribution is 2.28. The smallest absolute Gasteiger partial charge is 0.147 e. The molecule has 1 aromatic carbocycles. The van der Waals surface area contributed by atoms with Gasteiger partial charge in [0.05, 0.1) is 12.4 Å². The molecule has 5 heteroatoms. The Balaban J connectivity index is 2.68. The summed E-state index contributed by atoms with van der Waals surface area (Å²) in [6, 6.07) is 4.04. The van der Waals surface area contributed by atoms with E-state index in [-0.39, 0.29) is 5.75 Å². The van der Waals surface area contributed by atoms with E-state index < -0.39 is 9.84 Å². The van der Waals surface area contributed by atoms with Gasteiger partial charge in [-0.05, 0) is 42.5 Å². The zero-order valence-electron chi connectivity index (χ0n) is 11.7. The van der Waals surface area contributed by atoms with E-state index in [1.54, 1.807) is 0 Å². The molecule has 0 bridgehead atoms. The molecule has 1 rings (SSSR count). The van der Waals surface area contributed by atoms with Crippen molar-refractivity contribution in [2.75, 3.05) is 18.6 Å². The minimum absolute atomic E-state index is 0.171. The minimum atomic E-state index is -2.90. The van der Waals surface area contributed by atoms with Gasteiger partial charge < -0.3 is 4.74 Å². The summed E-state index contributed by atoms with van der Waals surface area (Å²) in [5, 5.41) is 0. The van der Waals surface area contributed by atoms with Gasteiger partial charge in [-0.1, -0.05) is 29.8 Å². The molecule has 1 aromatic rings. The molecule has 0 radical (unpaired) electrons. The predicted molar refractivity (Wildman–Crippen MR) is 82.7 cm³/mol. The van der Waals surface area contributed by atoms with Crippen LogP contribution in [0.5, 0.6) is 5.75 Å². The maximum atomic E-state index is 11.0. The second kappa shape index (κ2) is 7.29. The van der Waals surface area contributed by atoms with E-state index in [1.165, 1.54) is 17.4 Å². The van der Waals surface area contributed by atoms with Gasteiger partial charge in [-0.25, -0.2) is 8.42 Å². The van der Waals surface area contributed by atoms with Crippen LogP contribution in [0.4, 0.5) is 0 Å². The maximum Gasteiger partial charge on any atom is 0.147 e. The summed E-state index contributed by atoms with van der Waals surface area (Å²) in [6.45, 7) is 4.64. The lowest BCUT2D eigenvalue weighted by Gasteiger charge is -2.12. The first kappa shape index (κ1) is 16.5. The highest BCUT2D eigenvalue weighted by molar-refractivity contribution is 9.10. The molecule has 0 atom stereocenters. The third-order valence-corrected chi connectivity index (χ3v) is 4.94. The van der Waals surface area contributed by atoms with E-state index in [0.717, 1.165) is 23.1 Å². The van der Waals surface area contributed by atoms with Crippen molar-refractivity contribution in [1.29, 1.82) is 0 Å². The van der Waals surface area contributed by atoms with Crippen LogP contribution in [0.25, 0.3) is 0 Å². The number of benzene rings is 1. The summed E-state index contributed by atoms with van der Waals surface area (Å²) in [4.78, 5) is 0. The van der Waals surface area contributed by atoms with Crippen molar-refractivity contribution in [2.45, 2.75) is 33.1 Å².